The van der Waals surface area contributed by atoms with Crippen molar-refractivity contribution < 1.29 is 14.1 Å². The molecule has 3 aromatic rings. The number of nitrogens with zero attached hydrogens (tertiary/aromatic N) is 1. The van der Waals surface area contributed by atoms with Gasteiger partial charge in [-0.25, -0.2) is 4.98 Å². The van der Waals surface area contributed by atoms with Crippen molar-refractivity contribution in [3.63, 3.8) is 0 Å². The molecule has 0 fully saturated rings. The number of anilines is 2. The van der Waals surface area contributed by atoms with E-state index in [1.54, 1.807) is 49.7 Å². The second-order valence-corrected chi connectivity index (χ2v) is 10.9. The lowest BCUT2D eigenvalue weighted by Crippen LogP contribution is -2.15. The first-order valence-electron chi connectivity index (χ1n) is 9.28. The lowest BCUT2D eigenvalue weighted by Gasteiger charge is -2.17. The topological polar surface area (TPSA) is 94.3 Å². The first kappa shape index (κ1) is 21.9. The first-order chi connectivity index (χ1) is 14.1. The summed E-state index contributed by atoms with van der Waals surface area (Å²) in [6.07, 6.45) is 1.11. The number of nitrogen functional groups attached to an aromatic ring is 1. The second-order valence-electron chi connectivity index (χ2n) is 7.28. The molecule has 0 saturated carbocycles. The fraction of sp³-hybridized carbons (Fsp3) is 0.182. The molecule has 0 aliphatic rings. The number of nitrogens with two attached hydrogens (primary N) is 1. The Morgan fingerprint density at radius 3 is 2.63 bits per heavy atom. The van der Waals surface area contributed by atoms with Crippen molar-refractivity contribution >= 4 is 41.5 Å². The Morgan fingerprint density at radius 2 is 1.90 bits per heavy atom. The van der Waals surface area contributed by atoms with Crippen molar-refractivity contribution in [2.75, 3.05) is 24.4 Å². The van der Waals surface area contributed by atoms with Crippen molar-refractivity contribution in [2.45, 2.75) is 13.0 Å². The third kappa shape index (κ3) is 5.41. The highest BCUT2D eigenvalue weighted by Crippen LogP contribution is 2.34. The van der Waals surface area contributed by atoms with Gasteiger partial charge in [0.2, 0.25) is 0 Å². The molecule has 156 valence electrons. The summed E-state index contributed by atoms with van der Waals surface area (Å²) < 4.78 is 18.2. The van der Waals surface area contributed by atoms with Gasteiger partial charge in [0, 0.05) is 28.8 Å². The number of aromatic nitrogens is 1. The van der Waals surface area contributed by atoms with E-state index < -0.39 is 7.14 Å². The van der Waals surface area contributed by atoms with Gasteiger partial charge in [0.1, 0.15) is 13.2 Å². The molecule has 0 bridgehead atoms. The Labute approximate surface area is 180 Å². The molecule has 6 nitrogen and oxygen atoms in total. The predicted octanol–water partition coefficient (Wildman–Crippen LogP) is 4.96. The first-order valence-corrected chi connectivity index (χ1v) is 12.3. The molecule has 0 aliphatic heterocycles. The van der Waals surface area contributed by atoms with Crippen LogP contribution in [0.1, 0.15) is 28.9 Å². The fourth-order valence-electron chi connectivity index (χ4n) is 2.84. The minimum Gasteiger partial charge on any atom is -0.482 e. The van der Waals surface area contributed by atoms with Crippen LogP contribution in [-0.2, 0) is 4.57 Å². The average molecular weight is 444 g/mol. The van der Waals surface area contributed by atoms with Crippen molar-refractivity contribution in [2.24, 2.45) is 0 Å². The Balaban J connectivity index is 1.76. The molecule has 1 heterocycles. The van der Waals surface area contributed by atoms with Gasteiger partial charge in [-0.2, -0.15) is 0 Å². The molecule has 3 rings (SSSR count). The summed E-state index contributed by atoms with van der Waals surface area (Å²) in [5.74, 6) is 0.365. The summed E-state index contributed by atoms with van der Waals surface area (Å²) in [6, 6.07) is 15.8. The van der Waals surface area contributed by atoms with E-state index in [-0.39, 0.29) is 17.8 Å². The number of carbonyl (C=O) groups excluding carboxylic acids is 1. The monoisotopic (exact) mass is 443 g/mol. The number of rotatable bonds is 6. The van der Waals surface area contributed by atoms with Crippen LogP contribution in [0.5, 0.6) is 5.75 Å². The number of pyridine rings is 1. The zero-order valence-electron chi connectivity index (χ0n) is 16.9. The number of nitrogens with one attached hydrogen (secondary N) is 1. The van der Waals surface area contributed by atoms with Gasteiger partial charge in [-0.3, -0.25) is 4.79 Å². The second kappa shape index (κ2) is 8.90. The SMILES string of the molecule is C[C@@H](Oc1cc(Cl)cnc1N)c1cccc(NC(=O)c2cccc(P(C)(C)=O)c2)c1. The average Bonchev–Trinajstić information content (AvgIpc) is 2.70. The lowest BCUT2D eigenvalue weighted by molar-refractivity contribution is 0.102. The maximum Gasteiger partial charge on any atom is 0.255 e. The minimum atomic E-state index is -2.45. The van der Waals surface area contributed by atoms with Crippen molar-refractivity contribution in [1.29, 1.82) is 0 Å². The van der Waals surface area contributed by atoms with E-state index in [0.717, 1.165) is 5.56 Å². The molecule has 0 saturated heterocycles. The molecule has 3 N–H and O–H groups in total. The van der Waals surface area contributed by atoms with Crippen LogP contribution in [0.25, 0.3) is 0 Å². The minimum absolute atomic E-state index is 0.250. The zero-order chi connectivity index (χ0) is 21.9. The van der Waals surface area contributed by atoms with E-state index in [0.29, 0.717) is 27.3 Å². The molecule has 0 radical (unpaired) electrons. The van der Waals surface area contributed by atoms with E-state index in [1.165, 1.54) is 6.20 Å². The van der Waals surface area contributed by atoms with Crippen molar-refractivity contribution in [3.8, 4) is 5.75 Å². The molecule has 30 heavy (non-hydrogen) atoms. The summed E-state index contributed by atoms with van der Waals surface area (Å²) in [7, 11) is -2.45. The highest BCUT2D eigenvalue weighted by Gasteiger charge is 2.15. The standard InChI is InChI=1S/C22H23ClN3O3P/c1-14(29-20-12-17(23)13-25-21(20)24)15-6-4-8-18(10-15)26-22(27)16-7-5-9-19(11-16)30(2,3)28/h4-14H,1-3H3,(H2,24,25)(H,26,27)/t14-/m1/s1. The highest BCUT2D eigenvalue weighted by atomic mass is 35.5. The number of amides is 1. The third-order valence-electron chi connectivity index (χ3n) is 4.50. The van der Waals surface area contributed by atoms with Gasteiger partial charge in [-0.1, -0.05) is 35.9 Å². The van der Waals surface area contributed by atoms with E-state index in [4.69, 9.17) is 22.1 Å². The molecule has 1 atom stereocenters. The lowest BCUT2D eigenvalue weighted by atomic mass is 10.1. The third-order valence-corrected chi connectivity index (χ3v) is 6.22. The number of ether oxygens (including phenoxy) is 1. The molecule has 1 aromatic heterocycles. The molecule has 8 heteroatoms. The Kier molecular flexibility index (Phi) is 6.49. The quantitative estimate of drug-likeness (QED) is 0.525. The molecular weight excluding hydrogens is 421 g/mol. The van der Waals surface area contributed by atoms with Gasteiger partial charge < -0.3 is 20.4 Å². The Morgan fingerprint density at radius 1 is 1.17 bits per heavy atom. The molecule has 0 spiro atoms. The van der Waals surface area contributed by atoms with Crippen LogP contribution in [0.15, 0.2) is 60.8 Å². The highest BCUT2D eigenvalue weighted by molar-refractivity contribution is 7.70. The van der Waals surface area contributed by atoms with Gasteiger partial charge in [-0.05, 0) is 50.1 Å². The van der Waals surface area contributed by atoms with Crippen LogP contribution < -0.4 is 21.1 Å². The van der Waals surface area contributed by atoms with Gasteiger partial charge in [0.05, 0.1) is 5.02 Å². The number of hydrogen-bond acceptors (Lipinski definition) is 5. The van der Waals surface area contributed by atoms with Crippen molar-refractivity contribution in [1.82, 2.24) is 4.98 Å². The zero-order valence-corrected chi connectivity index (χ0v) is 18.6. The largest absolute Gasteiger partial charge is 0.482 e. The maximum absolute atomic E-state index is 12.7. The Bertz CT molecular complexity index is 1130. The summed E-state index contributed by atoms with van der Waals surface area (Å²) in [6.45, 7) is 5.22. The molecule has 0 unspecified atom stereocenters. The van der Waals surface area contributed by atoms with Crippen LogP contribution in [0.3, 0.4) is 0 Å². The summed E-state index contributed by atoms with van der Waals surface area (Å²) >= 11 is 5.96. The maximum atomic E-state index is 12.7. The van der Waals surface area contributed by atoms with Crippen LogP contribution in [0.2, 0.25) is 5.02 Å². The summed E-state index contributed by atoms with van der Waals surface area (Å²) in [4.78, 5) is 16.7. The van der Waals surface area contributed by atoms with Crippen LogP contribution >= 0.6 is 18.7 Å². The molecular formula is C22H23ClN3O3P. The summed E-state index contributed by atoms with van der Waals surface area (Å²) in [5.41, 5.74) is 7.75. The predicted molar refractivity (Wildman–Crippen MR) is 123 cm³/mol. The van der Waals surface area contributed by atoms with Gasteiger partial charge in [0.15, 0.2) is 11.6 Å². The van der Waals surface area contributed by atoms with Crippen LogP contribution in [-0.4, -0.2) is 24.2 Å². The number of benzene rings is 2. The number of hydrogen-bond donors (Lipinski definition) is 2. The Hall–Kier alpha value is -2.82. The normalized spacial score (nSPS) is 12.3. The van der Waals surface area contributed by atoms with Crippen molar-refractivity contribution in [3.05, 3.63) is 76.9 Å². The smallest absolute Gasteiger partial charge is 0.255 e. The molecule has 0 aliphatic carbocycles. The van der Waals surface area contributed by atoms with E-state index in [9.17, 15) is 9.36 Å². The summed E-state index contributed by atoms with van der Waals surface area (Å²) in [5, 5.41) is 3.97. The van der Waals surface area contributed by atoms with Gasteiger partial charge in [-0.15, -0.1) is 0 Å². The van der Waals surface area contributed by atoms with Crippen LogP contribution in [0.4, 0.5) is 11.5 Å². The van der Waals surface area contributed by atoms with Gasteiger partial charge in [0.25, 0.3) is 5.91 Å². The number of halogens is 1. The van der Waals surface area contributed by atoms with E-state index >= 15 is 0 Å². The molecule has 1 amide bonds. The van der Waals surface area contributed by atoms with E-state index in [1.807, 2.05) is 25.1 Å². The fourth-order valence-corrected chi connectivity index (χ4v) is 3.88. The number of carbonyl (C=O) groups is 1. The van der Waals surface area contributed by atoms with E-state index in [2.05, 4.69) is 10.3 Å². The molecule has 2 aromatic carbocycles. The van der Waals surface area contributed by atoms with Gasteiger partial charge >= 0.3 is 0 Å². The van der Waals surface area contributed by atoms with Crippen LogP contribution in [0, 0.1) is 0 Å².